The van der Waals surface area contributed by atoms with Crippen molar-refractivity contribution in [2.45, 2.75) is 68.5 Å². The van der Waals surface area contributed by atoms with E-state index < -0.39 is 39.7 Å². The van der Waals surface area contributed by atoms with Crippen LogP contribution in [0.1, 0.15) is 61.0 Å². The van der Waals surface area contributed by atoms with E-state index in [2.05, 4.69) is 13.5 Å². The Morgan fingerprint density at radius 1 is 1.21 bits per heavy atom. The number of rotatable bonds is 5. The normalized spacial score (nSPS) is 31.4. The van der Waals surface area contributed by atoms with Gasteiger partial charge in [-0.1, -0.05) is 30.7 Å². The number of carbonyl (C=O) groups excluding carboxylic acids is 2. The lowest BCUT2D eigenvalue weighted by molar-refractivity contribution is -0.131. The molecule has 0 amide bonds. The number of fused-ring (bicyclic) bond motifs is 5. The fraction of sp³-hybridized carbons (Fsp3) is 0.448. The highest BCUT2D eigenvalue weighted by atomic mass is 35.5. The van der Waals surface area contributed by atoms with Gasteiger partial charge >= 0.3 is 11.9 Å². The molecule has 5 rings (SSSR count). The molecule has 2 aromatic carbocycles. The van der Waals surface area contributed by atoms with Gasteiger partial charge in [0.15, 0.2) is 0 Å². The third-order valence-electron chi connectivity index (χ3n) is 9.01. The third-order valence-corrected chi connectivity index (χ3v) is 10.3. The van der Waals surface area contributed by atoms with E-state index in [1.807, 2.05) is 12.1 Å². The molecule has 2 fully saturated rings. The number of carbonyl (C=O) groups is 2. The number of halogens is 2. The van der Waals surface area contributed by atoms with Crippen LogP contribution in [-0.4, -0.2) is 32.6 Å². The number of sulfonamides is 1. The summed E-state index contributed by atoms with van der Waals surface area (Å²) in [6, 6.07) is 9.05. The van der Waals surface area contributed by atoms with Crippen LogP contribution in [0.15, 0.2) is 53.9 Å². The summed E-state index contributed by atoms with van der Waals surface area (Å²) in [7, 11) is -4.03. The van der Waals surface area contributed by atoms with Gasteiger partial charge in [-0.3, -0.25) is 4.79 Å². The smallest absolute Gasteiger partial charge is 0.339 e. The van der Waals surface area contributed by atoms with Gasteiger partial charge in [-0.2, -0.15) is 0 Å². The number of nitrogens with two attached hydrogens (primary N) is 1. The predicted octanol–water partition coefficient (Wildman–Crippen LogP) is 5.28. The van der Waals surface area contributed by atoms with Crippen molar-refractivity contribution in [1.29, 1.82) is 0 Å². The van der Waals surface area contributed by atoms with E-state index in [4.69, 9.17) is 26.2 Å². The Morgan fingerprint density at radius 3 is 2.62 bits per heavy atom. The van der Waals surface area contributed by atoms with Crippen LogP contribution in [0.5, 0.6) is 5.75 Å². The molecule has 0 radical (unpaired) electrons. The van der Waals surface area contributed by atoms with Gasteiger partial charge in [-0.05, 0) is 78.5 Å². The standard InChI is InChI=1S/C29H31ClFNO6S/c1-4-29-10-9-28(3)15-19(38-27(34)21-14-20(39(32,35)36)6-8-24(21)30)13-23(28)26(29)25(31)12-17-11-18(37-16(2)33)5-7-22(17)29/h4-8,11,14,19,23,25-26H,1,9-10,12-13,15H2,2-3H3,(H2,32,35,36)/t19-,23?,25?,26?,28-,29-/m1/s1. The second-order valence-electron chi connectivity index (χ2n) is 11.3. The molecule has 3 aliphatic rings. The number of hydrogen-bond acceptors (Lipinski definition) is 6. The Hall–Kier alpha value is -2.75. The van der Waals surface area contributed by atoms with Gasteiger partial charge in [0, 0.05) is 24.7 Å². The second-order valence-corrected chi connectivity index (χ2v) is 13.3. The summed E-state index contributed by atoms with van der Waals surface area (Å²) < 4.78 is 50.8. The molecule has 39 heavy (non-hydrogen) atoms. The number of primary sulfonamides is 1. The zero-order chi connectivity index (χ0) is 28.3. The number of benzene rings is 2. The van der Waals surface area contributed by atoms with Crippen LogP contribution in [0.2, 0.25) is 5.02 Å². The van der Waals surface area contributed by atoms with Crippen molar-refractivity contribution in [3.63, 3.8) is 0 Å². The molecule has 0 bridgehead atoms. The van der Waals surface area contributed by atoms with Crippen LogP contribution in [0.3, 0.4) is 0 Å². The largest absolute Gasteiger partial charge is 0.459 e. The van der Waals surface area contributed by atoms with Gasteiger partial charge in [-0.25, -0.2) is 22.7 Å². The molecule has 3 unspecified atom stereocenters. The van der Waals surface area contributed by atoms with Gasteiger partial charge < -0.3 is 9.47 Å². The molecule has 6 atom stereocenters. The van der Waals surface area contributed by atoms with Crippen molar-refractivity contribution >= 4 is 33.6 Å². The van der Waals surface area contributed by atoms with E-state index >= 15 is 4.39 Å². The van der Waals surface area contributed by atoms with E-state index in [0.717, 1.165) is 23.6 Å². The summed E-state index contributed by atoms with van der Waals surface area (Å²) in [6.07, 6.45) is 2.92. The summed E-state index contributed by atoms with van der Waals surface area (Å²) in [5.74, 6) is -1.22. The number of allylic oxidation sites excluding steroid dienone is 1. The van der Waals surface area contributed by atoms with Gasteiger partial charge in [0.1, 0.15) is 18.0 Å². The molecule has 0 aromatic heterocycles. The Bertz CT molecular complexity index is 1480. The number of hydrogen-bond donors (Lipinski definition) is 1. The van der Waals surface area contributed by atoms with Gasteiger partial charge in [0.25, 0.3) is 0 Å². The molecule has 3 aliphatic carbocycles. The Kier molecular flexibility index (Phi) is 6.92. The monoisotopic (exact) mass is 575 g/mol. The average Bonchev–Trinajstić information content (AvgIpc) is 3.18. The summed E-state index contributed by atoms with van der Waals surface area (Å²) in [5, 5.41) is 5.27. The maximum atomic E-state index is 16.1. The first kappa shape index (κ1) is 27.8. The number of ether oxygens (including phenoxy) is 2. The minimum absolute atomic E-state index is 0.0560. The maximum Gasteiger partial charge on any atom is 0.339 e. The molecule has 0 aliphatic heterocycles. The quantitative estimate of drug-likeness (QED) is 0.295. The molecule has 2 saturated carbocycles. The van der Waals surface area contributed by atoms with E-state index in [-0.39, 0.29) is 39.2 Å². The highest BCUT2D eigenvalue weighted by Gasteiger charge is 2.61. The van der Waals surface area contributed by atoms with Crippen LogP contribution in [0.25, 0.3) is 0 Å². The van der Waals surface area contributed by atoms with Crippen molar-refractivity contribution in [2.24, 2.45) is 22.4 Å². The molecule has 0 saturated heterocycles. The molecule has 7 nitrogen and oxygen atoms in total. The van der Waals surface area contributed by atoms with Crippen LogP contribution < -0.4 is 9.88 Å². The second kappa shape index (κ2) is 9.71. The zero-order valence-electron chi connectivity index (χ0n) is 21.8. The first-order valence-electron chi connectivity index (χ1n) is 12.9. The van der Waals surface area contributed by atoms with Crippen molar-refractivity contribution < 1.29 is 31.9 Å². The van der Waals surface area contributed by atoms with Crippen LogP contribution in [-0.2, 0) is 31.4 Å². The summed E-state index contributed by atoms with van der Waals surface area (Å²) in [5.41, 5.74) is 0.876. The van der Waals surface area contributed by atoms with Crippen molar-refractivity contribution in [1.82, 2.24) is 0 Å². The van der Waals surface area contributed by atoms with Gasteiger partial charge in [0.05, 0.1) is 15.5 Å². The molecule has 2 N–H and O–H groups in total. The molecular weight excluding hydrogens is 545 g/mol. The van der Waals surface area contributed by atoms with Crippen LogP contribution >= 0.6 is 11.6 Å². The lowest BCUT2D eigenvalue weighted by Crippen LogP contribution is -2.54. The molecule has 0 heterocycles. The highest BCUT2D eigenvalue weighted by molar-refractivity contribution is 7.89. The summed E-state index contributed by atoms with van der Waals surface area (Å²) in [4.78, 5) is 24.3. The number of alkyl halides is 1. The lowest BCUT2D eigenvalue weighted by Gasteiger charge is -2.56. The molecule has 0 spiro atoms. The lowest BCUT2D eigenvalue weighted by atomic mass is 9.48. The summed E-state index contributed by atoms with van der Waals surface area (Å²) in [6.45, 7) is 7.59. The van der Waals surface area contributed by atoms with Crippen molar-refractivity contribution in [2.75, 3.05) is 0 Å². The minimum atomic E-state index is -4.03. The van der Waals surface area contributed by atoms with Gasteiger partial charge in [-0.15, -0.1) is 6.58 Å². The number of esters is 2. The Morgan fingerprint density at radius 2 is 1.95 bits per heavy atom. The highest BCUT2D eigenvalue weighted by Crippen LogP contribution is 2.64. The average molecular weight is 576 g/mol. The van der Waals surface area contributed by atoms with E-state index in [1.54, 1.807) is 12.1 Å². The van der Waals surface area contributed by atoms with E-state index in [0.29, 0.717) is 25.0 Å². The molecular formula is C29H31ClFNO6S. The molecule has 10 heteroatoms. The van der Waals surface area contributed by atoms with Crippen LogP contribution in [0, 0.1) is 17.3 Å². The fourth-order valence-corrected chi connectivity index (χ4v) is 8.08. The van der Waals surface area contributed by atoms with E-state index in [1.165, 1.54) is 19.1 Å². The first-order valence-corrected chi connectivity index (χ1v) is 14.8. The summed E-state index contributed by atoms with van der Waals surface area (Å²) >= 11 is 6.19. The Balaban J connectivity index is 1.43. The molecule has 2 aromatic rings. The van der Waals surface area contributed by atoms with Crippen molar-refractivity contribution in [3.8, 4) is 5.75 Å². The topological polar surface area (TPSA) is 113 Å². The minimum Gasteiger partial charge on any atom is -0.459 e. The third kappa shape index (κ3) is 4.78. The van der Waals surface area contributed by atoms with Crippen molar-refractivity contribution in [3.05, 3.63) is 70.8 Å². The fourth-order valence-electron chi connectivity index (χ4n) is 7.35. The molecule has 208 valence electrons. The van der Waals surface area contributed by atoms with E-state index in [9.17, 15) is 18.0 Å². The first-order chi connectivity index (χ1) is 18.3. The van der Waals surface area contributed by atoms with Gasteiger partial charge in [0.2, 0.25) is 10.0 Å². The SMILES string of the molecule is C=C[C@]12CC[C@]3(C)C[C@H](OC(=O)c4cc(S(N)(=O)=O)ccc4Cl)CC3C1C(F)Cc1cc(OC(C)=O)ccc12. The maximum absolute atomic E-state index is 16.1. The zero-order valence-corrected chi connectivity index (χ0v) is 23.4. The Labute approximate surface area is 232 Å². The predicted molar refractivity (Wildman–Crippen MR) is 144 cm³/mol. The van der Waals surface area contributed by atoms with Crippen LogP contribution in [0.4, 0.5) is 4.39 Å².